The van der Waals surface area contributed by atoms with Gasteiger partial charge in [-0.25, -0.2) is 9.67 Å². The predicted octanol–water partition coefficient (Wildman–Crippen LogP) is 2.82. The predicted molar refractivity (Wildman–Crippen MR) is 107 cm³/mol. The topological polar surface area (TPSA) is 102 Å². The van der Waals surface area contributed by atoms with Crippen molar-refractivity contribution in [2.75, 3.05) is 10.6 Å². The Morgan fingerprint density at radius 1 is 1.07 bits per heavy atom. The molecule has 0 spiro atoms. The van der Waals surface area contributed by atoms with Crippen LogP contribution < -0.4 is 10.6 Å². The van der Waals surface area contributed by atoms with Crippen LogP contribution >= 0.6 is 11.3 Å². The highest BCUT2D eigenvalue weighted by molar-refractivity contribution is 7.18. The third kappa shape index (κ3) is 3.89. The number of aryl methyl sites for hydroxylation is 1. The molecular weight excluding hydrogens is 376 g/mol. The Bertz CT molecular complexity index is 1150. The van der Waals surface area contributed by atoms with E-state index in [9.17, 15) is 9.59 Å². The van der Waals surface area contributed by atoms with Crippen molar-refractivity contribution in [2.24, 2.45) is 0 Å². The number of carbonyl (C=O) groups is 2. The molecule has 0 aliphatic heterocycles. The minimum atomic E-state index is -0.775. The highest BCUT2D eigenvalue weighted by Gasteiger charge is 2.17. The first-order chi connectivity index (χ1) is 13.6. The van der Waals surface area contributed by atoms with Gasteiger partial charge >= 0.3 is 11.8 Å². The molecule has 8 nitrogen and oxygen atoms in total. The van der Waals surface area contributed by atoms with Gasteiger partial charge in [-0.05, 0) is 37.3 Å². The quantitative estimate of drug-likeness (QED) is 0.520. The molecular formula is C19H16N6O2S. The van der Waals surface area contributed by atoms with Crippen molar-refractivity contribution in [3.05, 3.63) is 65.6 Å². The Labute approximate surface area is 164 Å². The summed E-state index contributed by atoms with van der Waals surface area (Å²) < 4.78 is 2.52. The summed E-state index contributed by atoms with van der Waals surface area (Å²) in [6.45, 7) is 2.30. The number of hydrogen-bond acceptors (Lipinski definition) is 6. The molecule has 0 saturated carbocycles. The van der Waals surface area contributed by atoms with Gasteiger partial charge < -0.3 is 10.6 Å². The van der Waals surface area contributed by atoms with Crippen LogP contribution in [0.25, 0.3) is 10.2 Å². The third-order valence-corrected chi connectivity index (χ3v) is 4.89. The number of aromatic nitrogens is 4. The Kier molecular flexibility index (Phi) is 4.81. The van der Waals surface area contributed by atoms with Crippen LogP contribution in [0.5, 0.6) is 0 Å². The van der Waals surface area contributed by atoms with Gasteiger partial charge in [0.25, 0.3) is 0 Å². The van der Waals surface area contributed by atoms with Crippen LogP contribution in [0.4, 0.5) is 11.5 Å². The van der Waals surface area contributed by atoms with E-state index >= 15 is 0 Å². The molecule has 0 aliphatic carbocycles. The Hall–Kier alpha value is -3.59. The summed E-state index contributed by atoms with van der Waals surface area (Å²) in [5.74, 6) is -1.12. The first-order valence-electron chi connectivity index (χ1n) is 8.50. The molecule has 0 fully saturated rings. The Morgan fingerprint density at radius 2 is 1.93 bits per heavy atom. The van der Waals surface area contributed by atoms with E-state index in [1.165, 1.54) is 11.3 Å². The first kappa shape index (κ1) is 17.8. The number of hydrogen-bond donors (Lipinski definition) is 2. The number of rotatable bonds is 4. The molecule has 28 heavy (non-hydrogen) atoms. The van der Waals surface area contributed by atoms with Crippen LogP contribution in [0, 0.1) is 6.92 Å². The molecule has 9 heteroatoms. The lowest BCUT2D eigenvalue weighted by atomic mass is 10.3. The summed E-state index contributed by atoms with van der Waals surface area (Å²) in [5, 5.41) is 10.3. The molecule has 0 atom stereocenters. The average Bonchev–Trinajstić information content (AvgIpc) is 3.27. The van der Waals surface area contributed by atoms with Gasteiger partial charge in [0.05, 0.1) is 33.7 Å². The summed E-state index contributed by atoms with van der Waals surface area (Å²) in [7, 11) is 0. The normalized spacial score (nSPS) is 10.8. The van der Waals surface area contributed by atoms with Gasteiger partial charge in [0.1, 0.15) is 5.82 Å². The van der Waals surface area contributed by atoms with E-state index in [4.69, 9.17) is 0 Å². The summed E-state index contributed by atoms with van der Waals surface area (Å²) >= 11 is 1.53. The van der Waals surface area contributed by atoms with Crippen molar-refractivity contribution in [3.8, 4) is 0 Å². The summed E-state index contributed by atoms with van der Waals surface area (Å²) in [6.07, 6.45) is 3.24. The lowest BCUT2D eigenvalue weighted by Crippen LogP contribution is -2.30. The summed E-state index contributed by atoms with van der Waals surface area (Å²) in [6, 6.07) is 12.5. The van der Waals surface area contributed by atoms with Gasteiger partial charge in [-0.3, -0.25) is 14.6 Å². The fourth-order valence-corrected chi connectivity index (χ4v) is 3.55. The summed E-state index contributed by atoms with van der Waals surface area (Å²) in [4.78, 5) is 33.2. The van der Waals surface area contributed by atoms with Crippen LogP contribution in [0.2, 0.25) is 0 Å². The molecule has 1 aromatic carbocycles. The van der Waals surface area contributed by atoms with E-state index in [-0.39, 0.29) is 0 Å². The van der Waals surface area contributed by atoms with Gasteiger partial charge in [-0.2, -0.15) is 5.10 Å². The Morgan fingerprint density at radius 3 is 2.75 bits per heavy atom. The second kappa shape index (κ2) is 7.57. The Balaban J connectivity index is 1.43. The highest BCUT2D eigenvalue weighted by atomic mass is 32.1. The van der Waals surface area contributed by atoms with Crippen LogP contribution in [0.15, 0.2) is 54.9 Å². The van der Waals surface area contributed by atoms with E-state index in [2.05, 4.69) is 25.7 Å². The number of pyridine rings is 1. The summed E-state index contributed by atoms with van der Waals surface area (Å²) in [5.41, 5.74) is 2.20. The molecule has 0 radical (unpaired) electrons. The number of amides is 2. The monoisotopic (exact) mass is 392 g/mol. The molecule has 4 rings (SSSR count). The van der Waals surface area contributed by atoms with Gasteiger partial charge in [-0.1, -0.05) is 6.07 Å². The number of benzene rings is 1. The molecule has 0 saturated heterocycles. The average molecular weight is 392 g/mol. The number of anilines is 2. The molecule has 140 valence electrons. The number of thiazole rings is 1. The second-order valence-electron chi connectivity index (χ2n) is 6.02. The van der Waals surface area contributed by atoms with Crippen molar-refractivity contribution < 1.29 is 9.59 Å². The van der Waals surface area contributed by atoms with Gasteiger partial charge in [0.2, 0.25) is 0 Å². The fourth-order valence-electron chi connectivity index (χ4n) is 2.69. The lowest BCUT2D eigenvalue weighted by molar-refractivity contribution is -0.133. The van der Waals surface area contributed by atoms with E-state index in [1.54, 1.807) is 35.3 Å². The molecule has 4 aromatic rings. The van der Waals surface area contributed by atoms with Crippen molar-refractivity contribution in [2.45, 2.75) is 13.5 Å². The first-order valence-corrected chi connectivity index (χ1v) is 9.31. The maximum absolute atomic E-state index is 12.3. The molecule has 2 N–H and O–H groups in total. The zero-order valence-electron chi connectivity index (χ0n) is 14.9. The standard InChI is InChI=1S/C19H16N6O2S/c1-12-22-15-6-5-13(10-16(15)28-12)23-18(26)19(27)24-17-7-9-21-25(17)11-14-4-2-3-8-20-14/h2-10H,11H2,1H3,(H,23,26)(H,24,27). The van der Waals surface area contributed by atoms with E-state index in [0.717, 1.165) is 20.9 Å². The number of carbonyl (C=O) groups excluding carboxylic acids is 2. The minimum Gasteiger partial charge on any atom is -0.318 e. The van der Waals surface area contributed by atoms with Gasteiger partial charge in [0, 0.05) is 18.0 Å². The molecule has 0 aliphatic rings. The van der Waals surface area contributed by atoms with Crippen LogP contribution in [0.1, 0.15) is 10.7 Å². The number of fused-ring (bicyclic) bond motifs is 1. The van der Waals surface area contributed by atoms with Crippen molar-refractivity contribution >= 4 is 44.9 Å². The molecule has 0 unspecified atom stereocenters. The lowest BCUT2D eigenvalue weighted by Gasteiger charge is -2.09. The van der Waals surface area contributed by atoms with Crippen molar-refractivity contribution in [3.63, 3.8) is 0 Å². The number of nitrogens with one attached hydrogen (secondary N) is 2. The van der Waals surface area contributed by atoms with E-state index in [0.29, 0.717) is 18.1 Å². The van der Waals surface area contributed by atoms with Crippen LogP contribution in [0.3, 0.4) is 0 Å². The highest BCUT2D eigenvalue weighted by Crippen LogP contribution is 2.24. The van der Waals surface area contributed by atoms with Gasteiger partial charge in [-0.15, -0.1) is 11.3 Å². The zero-order valence-corrected chi connectivity index (χ0v) is 15.7. The van der Waals surface area contributed by atoms with E-state index < -0.39 is 11.8 Å². The van der Waals surface area contributed by atoms with Crippen LogP contribution in [-0.4, -0.2) is 31.6 Å². The SMILES string of the molecule is Cc1nc2ccc(NC(=O)C(=O)Nc3ccnn3Cc3ccccn3)cc2s1. The molecule has 3 aromatic heterocycles. The molecule has 0 bridgehead atoms. The van der Waals surface area contributed by atoms with E-state index in [1.807, 2.05) is 31.2 Å². The van der Waals surface area contributed by atoms with Crippen molar-refractivity contribution in [1.29, 1.82) is 0 Å². The van der Waals surface area contributed by atoms with Gasteiger partial charge in [0.15, 0.2) is 0 Å². The second-order valence-corrected chi connectivity index (χ2v) is 7.25. The fraction of sp³-hybridized carbons (Fsp3) is 0.105. The zero-order chi connectivity index (χ0) is 19.5. The third-order valence-electron chi connectivity index (χ3n) is 3.96. The largest absolute Gasteiger partial charge is 0.318 e. The molecule has 2 amide bonds. The smallest absolute Gasteiger partial charge is 0.315 e. The number of nitrogens with zero attached hydrogens (tertiary/aromatic N) is 4. The maximum atomic E-state index is 12.3. The molecule has 3 heterocycles. The minimum absolute atomic E-state index is 0.381. The maximum Gasteiger partial charge on any atom is 0.315 e. The van der Waals surface area contributed by atoms with Crippen molar-refractivity contribution in [1.82, 2.24) is 19.7 Å². The van der Waals surface area contributed by atoms with Crippen LogP contribution in [-0.2, 0) is 16.1 Å².